The highest BCUT2D eigenvalue weighted by Gasteiger charge is 2.47. The Kier molecular flexibility index (Phi) is 9.33. The summed E-state index contributed by atoms with van der Waals surface area (Å²) in [5, 5.41) is 5.12. The minimum Gasteiger partial charge on any atom is -0.309 e. The van der Waals surface area contributed by atoms with E-state index in [2.05, 4.69) is 266 Å². The summed E-state index contributed by atoms with van der Waals surface area (Å²) in [5.74, 6) is 0. The molecule has 1 aliphatic rings. The van der Waals surface area contributed by atoms with Crippen LogP contribution in [-0.2, 0) is 5.41 Å². The zero-order valence-corrected chi connectivity index (χ0v) is 37.5. The summed E-state index contributed by atoms with van der Waals surface area (Å²) >= 11 is 1.87. The van der Waals surface area contributed by atoms with Crippen molar-refractivity contribution in [1.29, 1.82) is 0 Å². The van der Waals surface area contributed by atoms with Crippen LogP contribution in [0, 0.1) is 0 Å². The van der Waals surface area contributed by atoms with E-state index in [1.807, 2.05) is 11.3 Å². The van der Waals surface area contributed by atoms with Crippen molar-refractivity contribution in [1.82, 2.24) is 0 Å². The van der Waals surface area contributed by atoms with Gasteiger partial charge in [0.15, 0.2) is 0 Å². The minimum atomic E-state index is -0.527. The van der Waals surface area contributed by atoms with Crippen LogP contribution in [0.2, 0.25) is 0 Å². The van der Waals surface area contributed by atoms with Crippen LogP contribution < -0.4 is 4.90 Å². The Bertz CT molecular complexity index is 3760. The van der Waals surface area contributed by atoms with E-state index in [0.29, 0.717) is 0 Å². The van der Waals surface area contributed by atoms with Gasteiger partial charge in [0.1, 0.15) is 0 Å². The molecular weight excluding hydrogens is 827 g/mol. The standard InChI is InChI=1S/C65H43NS/c1-3-22-49(23-4-1)65(50-24-5-2-6-25-50)58-31-12-9-29-57(58)64-59(65)32-17-34-61(64)66(60-33-13-10-27-54(60)48-38-41-56-55-28-11-14-35-62(55)67-63(56)43-48)51-39-36-44(37-40-51)46-20-15-21-47(42-46)53-30-16-19-45-18-7-8-26-52(45)53/h1-43H. The summed E-state index contributed by atoms with van der Waals surface area (Å²) in [6.07, 6.45) is 0. The average molecular weight is 870 g/mol. The summed E-state index contributed by atoms with van der Waals surface area (Å²) in [6, 6.07) is 96.4. The number of para-hydroxylation sites is 1. The molecule has 0 atom stereocenters. The Hall–Kier alpha value is -8.30. The lowest BCUT2D eigenvalue weighted by atomic mass is 9.68. The van der Waals surface area contributed by atoms with E-state index in [1.165, 1.54) is 97.7 Å². The predicted octanol–water partition coefficient (Wildman–Crippen LogP) is 18.0. The van der Waals surface area contributed by atoms with Crippen LogP contribution in [-0.4, -0.2) is 0 Å². The number of hydrogen-bond acceptors (Lipinski definition) is 2. The van der Waals surface area contributed by atoms with Crippen LogP contribution in [0.5, 0.6) is 0 Å². The maximum atomic E-state index is 2.52. The molecule has 0 spiro atoms. The van der Waals surface area contributed by atoms with Gasteiger partial charge < -0.3 is 4.90 Å². The van der Waals surface area contributed by atoms with Gasteiger partial charge in [0.2, 0.25) is 0 Å². The number of anilines is 3. The second-order valence-corrected chi connectivity index (χ2v) is 18.6. The molecule has 0 saturated carbocycles. The van der Waals surface area contributed by atoms with Crippen LogP contribution in [0.1, 0.15) is 22.3 Å². The number of thiophene rings is 1. The summed E-state index contributed by atoms with van der Waals surface area (Å²) in [6.45, 7) is 0. The summed E-state index contributed by atoms with van der Waals surface area (Å²) in [4.78, 5) is 2.52. The molecule has 12 aromatic rings. The summed E-state index contributed by atoms with van der Waals surface area (Å²) in [7, 11) is 0. The fourth-order valence-corrected chi connectivity index (χ4v) is 12.2. The van der Waals surface area contributed by atoms with E-state index in [1.54, 1.807) is 0 Å². The van der Waals surface area contributed by atoms with E-state index >= 15 is 0 Å². The molecule has 1 nitrogen and oxygen atoms in total. The van der Waals surface area contributed by atoms with Gasteiger partial charge in [-0.15, -0.1) is 11.3 Å². The smallest absolute Gasteiger partial charge is 0.0714 e. The number of benzene rings is 11. The highest BCUT2D eigenvalue weighted by molar-refractivity contribution is 7.25. The topological polar surface area (TPSA) is 3.24 Å². The lowest BCUT2D eigenvalue weighted by Gasteiger charge is -2.34. The van der Waals surface area contributed by atoms with E-state index in [-0.39, 0.29) is 0 Å². The fourth-order valence-electron chi connectivity index (χ4n) is 11.0. The molecule has 0 amide bonds. The Morgan fingerprint density at radius 2 is 0.866 bits per heavy atom. The Morgan fingerprint density at radius 3 is 1.69 bits per heavy atom. The average Bonchev–Trinajstić information content (AvgIpc) is 3.93. The van der Waals surface area contributed by atoms with Crippen LogP contribution in [0.4, 0.5) is 17.1 Å². The van der Waals surface area contributed by atoms with Crippen molar-refractivity contribution in [2.45, 2.75) is 5.41 Å². The van der Waals surface area contributed by atoms with Gasteiger partial charge in [-0.2, -0.15) is 0 Å². The molecule has 2 heteroatoms. The molecule has 0 saturated heterocycles. The number of nitrogens with zero attached hydrogens (tertiary/aromatic N) is 1. The highest BCUT2D eigenvalue weighted by Crippen LogP contribution is 2.60. The van der Waals surface area contributed by atoms with Crippen molar-refractivity contribution in [3.63, 3.8) is 0 Å². The second kappa shape index (κ2) is 16.0. The van der Waals surface area contributed by atoms with Gasteiger partial charge in [-0.3, -0.25) is 0 Å². The van der Waals surface area contributed by atoms with Crippen molar-refractivity contribution >= 4 is 59.3 Å². The van der Waals surface area contributed by atoms with Crippen molar-refractivity contribution in [3.8, 4) is 44.5 Å². The third-order valence-corrected chi connectivity index (χ3v) is 15.1. The first kappa shape index (κ1) is 39.1. The first-order chi connectivity index (χ1) is 33.2. The van der Waals surface area contributed by atoms with Crippen LogP contribution >= 0.6 is 11.3 Å². The van der Waals surface area contributed by atoms with Crippen molar-refractivity contribution in [2.24, 2.45) is 0 Å². The molecule has 0 aliphatic heterocycles. The lowest BCUT2D eigenvalue weighted by Crippen LogP contribution is -2.28. The fraction of sp³-hybridized carbons (Fsp3) is 0.0154. The maximum absolute atomic E-state index is 2.52. The Balaban J connectivity index is 1.02. The third kappa shape index (κ3) is 6.29. The predicted molar refractivity (Wildman–Crippen MR) is 285 cm³/mol. The molecule has 67 heavy (non-hydrogen) atoms. The van der Waals surface area contributed by atoms with Gasteiger partial charge >= 0.3 is 0 Å². The van der Waals surface area contributed by atoms with Crippen molar-refractivity contribution in [3.05, 3.63) is 283 Å². The summed E-state index contributed by atoms with van der Waals surface area (Å²) < 4.78 is 2.60. The SMILES string of the molecule is c1ccc(C2(c3ccccc3)c3ccccc3-c3c(N(c4ccc(-c5cccc(-c6cccc7ccccc67)c5)cc4)c4ccccc4-c4ccc5c(c4)sc4ccccc45)cccc32)cc1. The summed E-state index contributed by atoms with van der Waals surface area (Å²) in [5.41, 5.74) is 17.6. The van der Waals surface area contributed by atoms with Gasteiger partial charge in [-0.1, -0.05) is 218 Å². The highest BCUT2D eigenvalue weighted by atomic mass is 32.1. The molecule has 0 bridgehead atoms. The third-order valence-electron chi connectivity index (χ3n) is 14.0. The minimum absolute atomic E-state index is 0.527. The van der Waals surface area contributed by atoms with Gasteiger partial charge in [0.25, 0.3) is 0 Å². The lowest BCUT2D eigenvalue weighted by molar-refractivity contribution is 0.768. The zero-order valence-electron chi connectivity index (χ0n) is 36.7. The van der Waals surface area contributed by atoms with Gasteiger partial charge in [-0.25, -0.2) is 0 Å². The van der Waals surface area contributed by atoms with Crippen molar-refractivity contribution in [2.75, 3.05) is 4.90 Å². The molecule has 0 radical (unpaired) electrons. The van der Waals surface area contributed by atoms with Gasteiger partial charge in [-0.05, 0) is 109 Å². The first-order valence-electron chi connectivity index (χ1n) is 23.1. The van der Waals surface area contributed by atoms with Gasteiger partial charge in [0, 0.05) is 37.0 Å². The van der Waals surface area contributed by atoms with E-state index in [0.717, 1.165) is 17.1 Å². The molecular formula is C65H43NS. The first-order valence-corrected chi connectivity index (χ1v) is 23.9. The van der Waals surface area contributed by atoms with E-state index in [9.17, 15) is 0 Å². The molecule has 1 aromatic heterocycles. The van der Waals surface area contributed by atoms with Crippen LogP contribution in [0.25, 0.3) is 75.5 Å². The molecule has 0 N–H and O–H groups in total. The Labute approximate surface area is 395 Å². The normalized spacial score (nSPS) is 12.6. The quantitative estimate of drug-likeness (QED) is 0.147. The number of rotatable bonds is 8. The Morgan fingerprint density at radius 1 is 0.313 bits per heavy atom. The molecule has 11 aromatic carbocycles. The number of hydrogen-bond donors (Lipinski definition) is 0. The van der Waals surface area contributed by atoms with Crippen LogP contribution in [0.15, 0.2) is 261 Å². The van der Waals surface area contributed by atoms with Gasteiger partial charge in [0.05, 0.1) is 16.8 Å². The second-order valence-electron chi connectivity index (χ2n) is 17.5. The largest absolute Gasteiger partial charge is 0.309 e. The van der Waals surface area contributed by atoms with Crippen LogP contribution in [0.3, 0.4) is 0 Å². The maximum Gasteiger partial charge on any atom is 0.0714 e. The van der Waals surface area contributed by atoms with E-state index in [4.69, 9.17) is 0 Å². The monoisotopic (exact) mass is 869 g/mol. The molecule has 314 valence electrons. The molecule has 1 aliphatic carbocycles. The molecule has 1 heterocycles. The molecule has 13 rings (SSSR count). The molecule has 0 fully saturated rings. The van der Waals surface area contributed by atoms with Crippen molar-refractivity contribution < 1.29 is 0 Å². The zero-order chi connectivity index (χ0) is 44.3. The molecule has 0 unspecified atom stereocenters. The number of fused-ring (bicyclic) bond motifs is 7. The van der Waals surface area contributed by atoms with E-state index < -0.39 is 5.41 Å².